The standard InChI is InChI=1S/C6H10O5S/c1-4(2)6(7)10-5(3)11-12(8)9/h5H,1H2,2-3H3,(H,8,9). The summed E-state index contributed by atoms with van der Waals surface area (Å²) in [6.45, 7) is 6.11. The topological polar surface area (TPSA) is 72.8 Å². The molecule has 0 aromatic heterocycles. The summed E-state index contributed by atoms with van der Waals surface area (Å²) < 4.78 is 27.0. The molecule has 0 radical (unpaired) electrons. The Bertz CT molecular complexity index is 212. The van der Waals surface area contributed by atoms with Crippen LogP contribution in [0.1, 0.15) is 13.8 Å². The summed E-state index contributed by atoms with van der Waals surface area (Å²) in [5.41, 5.74) is 0.203. The Kier molecular flexibility index (Phi) is 4.72. The zero-order chi connectivity index (χ0) is 9.72. The molecule has 0 aromatic rings. The monoisotopic (exact) mass is 194 g/mol. The fourth-order valence-corrected chi connectivity index (χ4v) is 0.658. The molecule has 70 valence electrons. The molecule has 0 bridgehead atoms. The normalized spacial score (nSPS) is 14.9. The van der Waals surface area contributed by atoms with E-state index in [1.54, 1.807) is 0 Å². The highest BCUT2D eigenvalue weighted by Crippen LogP contribution is 2.00. The number of ether oxygens (including phenoxy) is 1. The van der Waals surface area contributed by atoms with Crippen molar-refractivity contribution in [3.63, 3.8) is 0 Å². The van der Waals surface area contributed by atoms with Gasteiger partial charge in [-0.25, -0.2) is 8.98 Å². The van der Waals surface area contributed by atoms with Crippen molar-refractivity contribution in [3.05, 3.63) is 12.2 Å². The lowest BCUT2D eigenvalue weighted by atomic mass is 10.4. The van der Waals surface area contributed by atoms with Gasteiger partial charge in [0.1, 0.15) is 0 Å². The van der Waals surface area contributed by atoms with Gasteiger partial charge in [-0.05, 0) is 13.8 Å². The van der Waals surface area contributed by atoms with Crippen LogP contribution in [0.5, 0.6) is 0 Å². The van der Waals surface area contributed by atoms with Gasteiger partial charge in [0.05, 0.1) is 0 Å². The minimum atomic E-state index is -2.43. The van der Waals surface area contributed by atoms with E-state index in [0.29, 0.717) is 0 Å². The number of hydrogen-bond acceptors (Lipinski definition) is 4. The Morgan fingerprint density at radius 1 is 1.67 bits per heavy atom. The first-order valence-corrected chi connectivity index (χ1v) is 4.11. The van der Waals surface area contributed by atoms with Gasteiger partial charge in [-0.1, -0.05) is 6.58 Å². The molecule has 0 fully saturated rings. The molecule has 0 aliphatic rings. The van der Waals surface area contributed by atoms with E-state index in [1.165, 1.54) is 13.8 Å². The molecule has 6 heteroatoms. The van der Waals surface area contributed by atoms with E-state index in [1.807, 2.05) is 0 Å². The van der Waals surface area contributed by atoms with Gasteiger partial charge in [-0.3, -0.25) is 4.55 Å². The lowest BCUT2D eigenvalue weighted by molar-refractivity contribution is -0.155. The summed E-state index contributed by atoms with van der Waals surface area (Å²) in [5, 5.41) is 0. The smallest absolute Gasteiger partial charge is 0.335 e. The summed E-state index contributed by atoms with van der Waals surface area (Å²) in [7, 11) is 0. The highest BCUT2D eigenvalue weighted by molar-refractivity contribution is 7.74. The van der Waals surface area contributed by atoms with Gasteiger partial charge in [0, 0.05) is 5.57 Å². The maximum absolute atomic E-state index is 10.8. The Morgan fingerprint density at radius 3 is 2.50 bits per heavy atom. The predicted molar refractivity (Wildman–Crippen MR) is 42.2 cm³/mol. The fraction of sp³-hybridized carbons (Fsp3) is 0.500. The van der Waals surface area contributed by atoms with Crippen molar-refractivity contribution in [2.24, 2.45) is 0 Å². The second-order valence-corrected chi connectivity index (χ2v) is 2.69. The molecule has 0 aliphatic carbocycles. The second-order valence-electron chi connectivity index (χ2n) is 2.07. The molecule has 0 heterocycles. The van der Waals surface area contributed by atoms with Crippen molar-refractivity contribution in [3.8, 4) is 0 Å². The van der Waals surface area contributed by atoms with Crippen LogP contribution < -0.4 is 0 Å². The van der Waals surface area contributed by atoms with Crippen molar-refractivity contribution in [1.29, 1.82) is 0 Å². The first-order chi connectivity index (χ1) is 5.43. The van der Waals surface area contributed by atoms with E-state index in [2.05, 4.69) is 15.5 Å². The molecule has 1 N–H and O–H groups in total. The van der Waals surface area contributed by atoms with Crippen LogP contribution in [0, 0.1) is 0 Å². The van der Waals surface area contributed by atoms with Crippen LogP contribution in [0.25, 0.3) is 0 Å². The van der Waals surface area contributed by atoms with E-state index in [-0.39, 0.29) is 5.57 Å². The fourth-order valence-electron chi connectivity index (χ4n) is 0.387. The van der Waals surface area contributed by atoms with Crippen LogP contribution in [0.4, 0.5) is 0 Å². The first-order valence-electron chi connectivity index (χ1n) is 3.08. The minimum absolute atomic E-state index is 0.203. The SMILES string of the molecule is C=C(C)C(=O)OC(C)OS(=O)O. The number of carbonyl (C=O) groups is 1. The van der Waals surface area contributed by atoms with Gasteiger partial charge in [-0.2, -0.15) is 4.21 Å². The summed E-state index contributed by atoms with van der Waals surface area (Å²) in [5.74, 6) is -0.659. The molecule has 2 atom stereocenters. The van der Waals surface area contributed by atoms with Gasteiger partial charge in [-0.15, -0.1) is 0 Å². The van der Waals surface area contributed by atoms with Crippen LogP contribution in [0.3, 0.4) is 0 Å². The molecule has 0 aliphatic heterocycles. The summed E-state index contributed by atoms with van der Waals surface area (Å²) in [6, 6.07) is 0. The molecule has 0 rings (SSSR count). The van der Waals surface area contributed by atoms with Gasteiger partial charge in [0.15, 0.2) is 0 Å². The molecular weight excluding hydrogens is 184 g/mol. The van der Waals surface area contributed by atoms with Gasteiger partial charge < -0.3 is 4.74 Å². The molecule has 5 nitrogen and oxygen atoms in total. The maximum Gasteiger partial charge on any atom is 0.335 e. The van der Waals surface area contributed by atoms with Crippen molar-refractivity contribution >= 4 is 17.3 Å². The maximum atomic E-state index is 10.8. The molecule has 0 spiro atoms. The highest BCUT2D eigenvalue weighted by atomic mass is 32.2. The van der Waals surface area contributed by atoms with E-state index < -0.39 is 23.6 Å². The van der Waals surface area contributed by atoms with Crippen LogP contribution in [-0.2, 0) is 25.1 Å². The van der Waals surface area contributed by atoms with Crippen molar-refractivity contribution in [1.82, 2.24) is 0 Å². The van der Waals surface area contributed by atoms with E-state index in [9.17, 15) is 9.00 Å². The number of rotatable bonds is 4. The Balaban J connectivity index is 3.84. The quantitative estimate of drug-likeness (QED) is 0.307. The zero-order valence-electron chi connectivity index (χ0n) is 6.77. The summed E-state index contributed by atoms with van der Waals surface area (Å²) in [6.07, 6.45) is -1.06. The van der Waals surface area contributed by atoms with Crippen molar-refractivity contribution in [2.45, 2.75) is 20.1 Å². The largest absolute Gasteiger partial charge is 0.431 e. The van der Waals surface area contributed by atoms with Crippen molar-refractivity contribution in [2.75, 3.05) is 0 Å². The first kappa shape index (κ1) is 11.3. The van der Waals surface area contributed by atoms with Gasteiger partial charge in [0.25, 0.3) is 0 Å². The van der Waals surface area contributed by atoms with E-state index in [0.717, 1.165) is 0 Å². The summed E-state index contributed by atoms with van der Waals surface area (Å²) in [4.78, 5) is 10.8. The number of hydrogen-bond donors (Lipinski definition) is 1. The van der Waals surface area contributed by atoms with Crippen molar-refractivity contribution < 1.29 is 22.5 Å². The van der Waals surface area contributed by atoms with Crippen LogP contribution in [-0.4, -0.2) is 21.0 Å². The molecule has 12 heavy (non-hydrogen) atoms. The average Bonchev–Trinajstić information content (AvgIpc) is 1.84. The predicted octanol–water partition coefficient (Wildman–Crippen LogP) is 0.605. The molecule has 2 unspecified atom stereocenters. The van der Waals surface area contributed by atoms with E-state index in [4.69, 9.17) is 4.55 Å². The Labute approximate surface area is 72.8 Å². The van der Waals surface area contributed by atoms with Gasteiger partial charge in [0.2, 0.25) is 6.29 Å². The number of esters is 1. The lowest BCUT2D eigenvalue weighted by Gasteiger charge is -2.09. The lowest BCUT2D eigenvalue weighted by Crippen LogP contribution is -2.19. The third kappa shape index (κ3) is 5.00. The molecule has 0 saturated carbocycles. The zero-order valence-corrected chi connectivity index (χ0v) is 7.59. The minimum Gasteiger partial charge on any atom is -0.431 e. The summed E-state index contributed by atoms with van der Waals surface area (Å²) >= 11 is -2.43. The molecule has 0 amide bonds. The van der Waals surface area contributed by atoms with Crippen LogP contribution >= 0.6 is 0 Å². The molecular formula is C6H10O5S. The Morgan fingerprint density at radius 2 is 2.17 bits per heavy atom. The van der Waals surface area contributed by atoms with Crippen LogP contribution in [0.15, 0.2) is 12.2 Å². The van der Waals surface area contributed by atoms with E-state index >= 15 is 0 Å². The van der Waals surface area contributed by atoms with Gasteiger partial charge >= 0.3 is 17.3 Å². The molecule has 0 saturated heterocycles. The molecule has 0 aromatic carbocycles. The second kappa shape index (κ2) is 5.02. The third-order valence-electron chi connectivity index (χ3n) is 0.839. The average molecular weight is 194 g/mol. The number of carbonyl (C=O) groups excluding carboxylic acids is 1. The third-order valence-corrected chi connectivity index (χ3v) is 1.27. The van der Waals surface area contributed by atoms with Crippen LogP contribution in [0.2, 0.25) is 0 Å². The highest BCUT2D eigenvalue weighted by Gasteiger charge is 2.11. The Hall–Kier alpha value is -0.720.